The van der Waals surface area contributed by atoms with Crippen LogP contribution in [0.15, 0.2) is 48.5 Å². The van der Waals surface area contributed by atoms with E-state index in [-0.39, 0.29) is 38.1 Å². The van der Waals surface area contributed by atoms with Crippen molar-refractivity contribution < 1.29 is 9.59 Å². The SMILES string of the molecule is CNC(=O)c1ccccc1[Se][Se]c1ccccc1C(=O)NC. The summed E-state index contributed by atoms with van der Waals surface area (Å²) in [5.74, 6) is -0.124. The summed E-state index contributed by atoms with van der Waals surface area (Å²) < 4.78 is 2.14. The van der Waals surface area contributed by atoms with E-state index in [9.17, 15) is 9.59 Å². The van der Waals surface area contributed by atoms with Gasteiger partial charge in [0.2, 0.25) is 0 Å². The van der Waals surface area contributed by atoms with Crippen LogP contribution in [0.25, 0.3) is 0 Å². The van der Waals surface area contributed by atoms with Gasteiger partial charge in [0, 0.05) is 0 Å². The third-order valence-corrected chi connectivity index (χ3v) is 10.2. The molecule has 2 aromatic carbocycles. The summed E-state index contributed by atoms with van der Waals surface area (Å²) in [5.41, 5.74) is 1.45. The van der Waals surface area contributed by atoms with Crippen LogP contribution in [0.1, 0.15) is 20.7 Å². The van der Waals surface area contributed by atoms with Crippen LogP contribution in [0, 0.1) is 0 Å². The minimum absolute atomic E-state index is 0.0622. The molecule has 0 bridgehead atoms. The standard InChI is InChI=1S/C16H16N2O2Se2/c1-17-15(19)11-7-3-5-9-13(11)21-22-14-10-6-4-8-12(14)16(20)18-2/h3-10H,1-2H3,(H,17,19)(H,18,20). The summed E-state index contributed by atoms with van der Waals surface area (Å²) in [6.07, 6.45) is 0. The second kappa shape index (κ2) is 8.16. The molecule has 2 aromatic rings. The number of hydrogen-bond acceptors (Lipinski definition) is 2. The van der Waals surface area contributed by atoms with Crippen molar-refractivity contribution in [3.63, 3.8) is 0 Å². The van der Waals surface area contributed by atoms with E-state index in [0.29, 0.717) is 0 Å². The average molecular weight is 426 g/mol. The van der Waals surface area contributed by atoms with E-state index < -0.39 is 0 Å². The first-order chi connectivity index (χ1) is 10.7. The molecule has 2 amide bonds. The number of carbonyl (C=O) groups excluding carboxylic acids is 2. The zero-order valence-electron chi connectivity index (χ0n) is 12.3. The van der Waals surface area contributed by atoms with Crippen molar-refractivity contribution in [2.45, 2.75) is 0 Å². The number of rotatable bonds is 5. The number of hydrogen-bond donors (Lipinski definition) is 2. The summed E-state index contributed by atoms with van der Waals surface area (Å²) in [7, 11) is 3.27. The molecule has 0 aliphatic heterocycles. The first-order valence-electron chi connectivity index (χ1n) is 6.64. The van der Waals surface area contributed by atoms with Crippen LogP contribution < -0.4 is 19.6 Å². The summed E-state index contributed by atoms with van der Waals surface area (Å²) >= 11 is 0.278. The molecule has 0 aliphatic rings. The van der Waals surface area contributed by atoms with Gasteiger partial charge in [-0.2, -0.15) is 0 Å². The predicted octanol–water partition coefficient (Wildman–Crippen LogP) is -0.320. The molecule has 0 aromatic heterocycles. The van der Waals surface area contributed by atoms with E-state index in [1.54, 1.807) is 14.1 Å². The van der Waals surface area contributed by atoms with Gasteiger partial charge in [0.05, 0.1) is 0 Å². The molecule has 0 saturated carbocycles. The molecule has 0 fully saturated rings. The fraction of sp³-hybridized carbons (Fsp3) is 0.125. The summed E-state index contributed by atoms with van der Waals surface area (Å²) in [6, 6.07) is 15.3. The second-order valence-corrected chi connectivity index (χ2v) is 10.5. The van der Waals surface area contributed by atoms with Gasteiger partial charge in [0.1, 0.15) is 0 Å². The van der Waals surface area contributed by atoms with Gasteiger partial charge in [-0.25, -0.2) is 0 Å². The van der Waals surface area contributed by atoms with Crippen molar-refractivity contribution in [2.75, 3.05) is 14.1 Å². The molecule has 2 rings (SSSR count). The molecular formula is C16H16N2O2Se2. The van der Waals surface area contributed by atoms with Crippen molar-refractivity contribution in [3.8, 4) is 0 Å². The van der Waals surface area contributed by atoms with Crippen LogP contribution in [0.2, 0.25) is 0 Å². The van der Waals surface area contributed by atoms with E-state index in [4.69, 9.17) is 0 Å². The monoisotopic (exact) mass is 428 g/mol. The molecule has 0 aliphatic carbocycles. The molecular weight excluding hydrogens is 410 g/mol. The maximum absolute atomic E-state index is 11.9. The van der Waals surface area contributed by atoms with Crippen molar-refractivity contribution >= 4 is 47.0 Å². The van der Waals surface area contributed by atoms with Gasteiger partial charge in [-0.3, -0.25) is 0 Å². The van der Waals surface area contributed by atoms with E-state index in [2.05, 4.69) is 10.6 Å². The molecule has 0 atom stereocenters. The molecule has 22 heavy (non-hydrogen) atoms. The van der Waals surface area contributed by atoms with Gasteiger partial charge < -0.3 is 0 Å². The zero-order valence-corrected chi connectivity index (χ0v) is 15.7. The Morgan fingerprint density at radius 2 is 1.09 bits per heavy atom. The number of benzene rings is 2. The second-order valence-electron chi connectivity index (χ2n) is 4.32. The molecule has 6 heteroatoms. The van der Waals surface area contributed by atoms with Crippen LogP contribution in [0.3, 0.4) is 0 Å². The Morgan fingerprint density at radius 1 is 0.727 bits per heavy atom. The van der Waals surface area contributed by atoms with Gasteiger partial charge in [-0.1, -0.05) is 0 Å². The Labute approximate surface area is 140 Å². The van der Waals surface area contributed by atoms with Crippen molar-refractivity contribution in [3.05, 3.63) is 59.7 Å². The summed E-state index contributed by atoms with van der Waals surface area (Å²) in [5, 5.41) is 5.34. The van der Waals surface area contributed by atoms with Crippen LogP contribution in [-0.2, 0) is 0 Å². The van der Waals surface area contributed by atoms with Crippen LogP contribution in [0.5, 0.6) is 0 Å². The molecule has 0 unspecified atom stereocenters. The predicted molar refractivity (Wildman–Crippen MR) is 90.4 cm³/mol. The third-order valence-electron chi connectivity index (χ3n) is 2.94. The Kier molecular flexibility index (Phi) is 6.22. The molecule has 0 spiro atoms. The fourth-order valence-electron chi connectivity index (χ4n) is 1.81. The van der Waals surface area contributed by atoms with Crippen molar-refractivity contribution in [1.29, 1.82) is 0 Å². The Morgan fingerprint density at radius 3 is 1.45 bits per heavy atom. The molecule has 4 nitrogen and oxygen atoms in total. The van der Waals surface area contributed by atoms with E-state index in [1.165, 1.54) is 0 Å². The van der Waals surface area contributed by atoms with Crippen LogP contribution in [0.4, 0.5) is 0 Å². The molecule has 0 heterocycles. The quantitative estimate of drug-likeness (QED) is 0.645. The van der Waals surface area contributed by atoms with Crippen molar-refractivity contribution in [1.82, 2.24) is 10.6 Å². The van der Waals surface area contributed by atoms with Crippen molar-refractivity contribution in [2.24, 2.45) is 0 Å². The molecule has 114 valence electrons. The molecule has 2 N–H and O–H groups in total. The summed E-state index contributed by atoms with van der Waals surface area (Å²) in [6.45, 7) is 0. The molecule has 0 saturated heterocycles. The minimum atomic E-state index is -0.0622. The first-order valence-corrected chi connectivity index (χ1v) is 12.7. The zero-order chi connectivity index (χ0) is 15.9. The number of nitrogens with one attached hydrogen (secondary N) is 2. The molecule has 0 radical (unpaired) electrons. The van der Waals surface area contributed by atoms with Gasteiger partial charge in [0.15, 0.2) is 0 Å². The van der Waals surface area contributed by atoms with E-state index in [1.807, 2.05) is 48.5 Å². The third kappa shape index (κ3) is 3.99. The van der Waals surface area contributed by atoms with Gasteiger partial charge in [-0.15, -0.1) is 0 Å². The van der Waals surface area contributed by atoms with Gasteiger partial charge in [0.25, 0.3) is 0 Å². The maximum atomic E-state index is 11.9. The Bertz CT molecular complexity index is 630. The van der Waals surface area contributed by atoms with E-state index in [0.717, 1.165) is 20.1 Å². The van der Waals surface area contributed by atoms with Crippen LogP contribution >= 0.6 is 0 Å². The first kappa shape index (κ1) is 16.8. The van der Waals surface area contributed by atoms with Crippen LogP contribution in [-0.4, -0.2) is 52.2 Å². The summed E-state index contributed by atoms with van der Waals surface area (Å²) in [4.78, 5) is 23.8. The average Bonchev–Trinajstić information content (AvgIpc) is 2.59. The van der Waals surface area contributed by atoms with Gasteiger partial charge >= 0.3 is 141 Å². The Hall–Kier alpha value is -1.58. The fourth-order valence-corrected chi connectivity index (χ4v) is 8.93. The number of carbonyl (C=O) groups is 2. The van der Waals surface area contributed by atoms with E-state index >= 15 is 0 Å². The van der Waals surface area contributed by atoms with Gasteiger partial charge in [-0.05, 0) is 0 Å². The number of amides is 2. The Balaban J connectivity index is 2.21. The normalized spacial score (nSPS) is 10.1. The topological polar surface area (TPSA) is 58.2 Å².